The molecule has 2 aliphatic carbocycles. The smallest absolute Gasteiger partial charge is 0.0808 e. The van der Waals surface area contributed by atoms with E-state index in [0.29, 0.717) is 0 Å². The van der Waals surface area contributed by atoms with Crippen LogP contribution in [0.4, 0.5) is 0 Å². The van der Waals surface area contributed by atoms with Crippen molar-refractivity contribution in [3.8, 4) is 0 Å². The summed E-state index contributed by atoms with van der Waals surface area (Å²) in [5.74, 6) is 0. The first-order valence-corrected chi connectivity index (χ1v) is 4.32. The lowest BCUT2D eigenvalue weighted by Gasteiger charge is -1.67. The van der Waals surface area contributed by atoms with Crippen molar-refractivity contribution in [2.24, 2.45) is 0 Å². The fourth-order valence-electron chi connectivity index (χ4n) is 1.28. The highest BCUT2D eigenvalue weighted by Crippen LogP contribution is 2.15. The normalized spacial score (nSPS) is 20.8. The van der Waals surface area contributed by atoms with Gasteiger partial charge in [-0.3, -0.25) is 0 Å². The summed E-state index contributed by atoms with van der Waals surface area (Å²) >= 11 is 0. The molecule has 0 heteroatoms. The van der Waals surface area contributed by atoms with Gasteiger partial charge in [0.25, 0.3) is 0 Å². The molecule has 1 fully saturated rings. The number of hydrogen-bond acceptors (Lipinski definition) is 0. The lowest BCUT2D eigenvalue weighted by Crippen LogP contribution is -1.47. The predicted molar refractivity (Wildman–Crippen MR) is 47.1 cm³/mol. The van der Waals surface area contributed by atoms with Gasteiger partial charge in [0.1, 0.15) is 0 Å². The highest BCUT2D eigenvalue weighted by atomic mass is 14.0. The summed E-state index contributed by atoms with van der Waals surface area (Å²) in [6, 6.07) is 0. The minimum absolute atomic E-state index is 0. The largest absolute Gasteiger partial charge is 1.00 e. The molecule has 0 nitrogen and oxygen atoms in total. The van der Waals surface area contributed by atoms with E-state index in [4.69, 9.17) is 0 Å². The van der Waals surface area contributed by atoms with Crippen LogP contribution in [0.25, 0.3) is 0 Å². The molecule has 1 saturated carbocycles. The molecule has 0 amide bonds. The average molecular weight is 137 g/mol. The molecule has 0 heterocycles. The van der Waals surface area contributed by atoms with Gasteiger partial charge >= 0.3 is 1.43 Å². The Bertz CT molecular complexity index is 103. The van der Waals surface area contributed by atoms with Gasteiger partial charge in [-0.2, -0.15) is 0 Å². The first-order chi connectivity index (χ1) is 5.00. The summed E-state index contributed by atoms with van der Waals surface area (Å²) in [7, 11) is 0. The topological polar surface area (TPSA) is 0 Å². The quantitative estimate of drug-likeness (QED) is 0.479. The molecule has 0 atom stereocenters. The molecule has 0 aliphatic heterocycles. The Kier molecular flexibility index (Phi) is 4.00. The molecular formula is C10H17+. The summed E-state index contributed by atoms with van der Waals surface area (Å²) < 4.78 is 0. The van der Waals surface area contributed by atoms with Crippen LogP contribution in [0, 0.1) is 0 Å². The Morgan fingerprint density at radius 3 is 1.30 bits per heavy atom. The van der Waals surface area contributed by atoms with E-state index >= 15 is 0 Å². The van der Waals surface area contributed by atoms with Crippen molar-refractivity contribution >= 4 is 0 Å². The third kappa shape index (κ3) is 3.49. The minimum Gasteiger partial charge on any atom is -0.0808 e. The van der Waals surface area contributed by atoms with Gasteiger partial charge in [0.05, 0.1) is 0 Å². The fourth-order valence-corrected chi connectivity index (χ4v) is 1.28. The van der Waals surface area contributed by atoms with Crippen LogP contribution in [-0.4, -0.2) is 0 Å². The zero-order chi connectivity index (χ0) is 7.07. The van der Waals surface area contributed by atoms with E-state index in [0.717, 1.165) is 6.42 Å². The molecule has 0 aromatic heterocycles. The summed E-state index contributed by atoms with van der Waals surface area (Å²) in [4.78, 5) is 0. The standard InChI is InChI=1S/C5H10.C5H6/c2*1-2-4-5-3-1/h1-5H2;1-4H,5H2/p+1. The summed E-state index contributed by atoms with van der Waals surface area (Å²) in [6.45, 7) is 0. The number of hydrogen-bond donors (Lipinski definition) is 0. The van der Waals surface area contributed by atoms with Gasteiger partial charge in [-0.1, -0.05) is 56.4 Å². The second-order valence-electron chi connectivity index (χ2n) is 2.86. The van der Waals surface area contributed by atoms with Crippen LogP contribution in [0.2, 0.25) is 0 Å². The molecule has 2 rings (SSSR count). The van der Waals surface area contributed by atoms with Gasteiger partial charge in [-0.15, -0.1) is 0 Å². The second-order valence-corrected chi connectivity index (χ2v) is 2.86. The van der Waals surface area contributed by atoms with Gasteiger partial charge in [0.15, 0.2) is 0 Å². The molecule has 0 N–H and O–H groups in total. The highest BCUT2D eigenvalue weighted by Gasteiger charge is 1.95. The van der Waals surface area contributed by atoms with Crippen LogP contribution in [0.1, 0.15) is 40.0 Å². The van der Waals surface area contributed by atoms with Crippen LogP contribution in [0.3, 0.4) is 0 Å². The Hall–Kier alpha value is -0.520. The first kappa shape index (κ1) is 7.59. The molecule has 10 heavy (non-hydrogen) atoms. The van der Waals surface area contributed by atoms with Crippen LogP contribution in [0.5, 0.6) is 0 Å². The van der Waals surface area contributed by atoms with E-state index in [1.54, 1.807) is 0 Å². The molecule has 0 radical (unpaired) electrons. The molecule has 0 spiro atoms. The summed E-state index contributed by atoms with van der Waals surface area (Å²) in [5, 5.41) is 0. The van der Waals surface area contributed by atoms with E-state index in [1.165, 1.54) is 32.1 Å². The molecule has 0 unspecified atom stereocenters. The van der Waals surface area contributed by atoms with Crippen molar-refractivity contribution in [2.45, 2.75) is 38.5 Å². The maximum absolute atomic E-state index is 2.12. The van der Waals surface area contributed by atoms with Gasteiger partial charge in [-0.25, -0.2) is 0 Å². The molecule has 0 aromatic rings. The maximum atomic E-state index is 2.12. The third-order valence-corrected chi connectivity index (χ3v) is 1.91. The predicted octanol–water partition coefficient (Wildman–Crippen LogP) is 3.57. The lowest BCUT2D eigenvalue weighted by atomic mass is 10.4. The van der Waals surface area contributed by atoms with E-state index in [2.05, 4.69) is 24.3 Å². The van der Waals surface area contributed by atoms with Crippen molar-refractivity contribution in [1.29, 1.82) is 0 Å². The van der Waals surface area contributed by atoms with E-state index in [1.807, 2.05) is 0 Å². The first-order valence-electron chi connectivity index (χ1n) is 4.32. The third-order valence-electron chi connectivity index (χ3n) is 1.91. The summed E-state index contributed by atoms with van der Waals surface area (Å²) in [6.07, 6.45) is 17.0. The van der Waals surface area contributed by atoms with E-state index in [-0.39, 0.29) is 1.43 Å². The zero-order valence-corrected chi connectivity index (χ0v) is 6.55. The van der Waals surface area contributed by atoms with Crippen LogP contribution < -0.4 is 0 Å². The van der Waals surface area contributed by atoms with Crippen molar-refractivity contribution < 1.29 is 1.43 Å². The molecular weight excluding hydrogens is 120 g/mol. The van der Waals surface area contributed by atoms with Crippen molar-refractivity contribution in [3.05, 3.63) is 24.3 Å². The molecule has 0 bridgehead atoms. The Morgan fingerprint density at radius 2 is 1.10 bits per heavy atom. The average Bonchev–Trinajstić information content (AvgIpc) is 2.67. The van der Waals surface area contributed by atoms with Gasteiger partial charge in [0.2, 0.25) is 0 Å². The van der Waals surface area contributed by atoms with E-state index in [9.17, 15) is 0 Å². The lowest BCUT2D eigenvalue weighted by molar-refractivity contribution is 0.886. The molecule has 56 valence electrons. The number of allylic oxidation sites excluding steroid dienone is 4. The zero-order valence-electron chi connectivity index (χ0n) is 7.55. The fraction of sp³-hybridized carbons (Fsp3) is 0.600. The molecule has 0 saturated heterocycles. The second kappa shape index (κ2) is 5.28. The van der Waals surface area contributed by atoms with Gasteiger partial charge in [0, 0.05) is 0 Å². The van der Waals surface area contributed by atoms with Crippen LogP contribution >= 0.6 is 0 Å². The van der Waals surface area contributed by atoms with Crippen LogP contribution in [0.15, 0.2) is 24.3 Å². The Morgan fingerprint density at radius 1 is 0.700 bits per heavy atom. The highest BCUT2D eigenvalue weighted by molar-refractivity contribution is 5.11. The van der Waals surface area contributed by atoms with Crippen molar-refractivity contribution in [2.75, 3.05) is 0 Å². The molecule has 0 aromatic carbocycles. The van der Waals surface area contributed by atoms with Gasteiger partial charge < -0.3 is 0 Å². The minimum atomic E-state index is 0. The SMILES string of the molecule is C1=CCC=C1.C1CCCC1.[H+]. The Balaban J connectivity index is 0.000000167. The van der Waals surface area contributed by atoms with Crippen molar-refractivity contribution in [1.82, 2.24) is 0 Å². The van der Waals surface area contributed by atoms with Gasteiger partial charge in [-0.05, 0) is 6.42 Å². The van der Waals surface area contributed by atoms with E-state index < -0.39 is 0 Å². The Labute approximate surface area is 65.1 Å². The maximum Gasteiger partial charge on any atom is 1.00 e. The number of rotatable bonds is 0. The monoisotopic (exact) mass is 137 g/mol. The van der Waals surface area contributed by atoms with Crippen molar-refractivity contribution in [3.63, 3.8) is 0 Å². The van der Waals surface area contributed by atoms with Crippen LogP contribution in [-0.2, 0) is 0 Å². The summed E-state index contributed by atoms with van der Waals surface area (Å²) in [5.41, 5.74) is 0. The molecule has 2 aliphatic rings.